The van der Waals surface area contributed by atoms with Crippen molar-refractivity contribution in [2.75, 3.05) is 0 Å². The van der Waals surface area contributed by atoms with Gasteiger partial charge >= 0.3 is 0 Å². The number of aryl methyl sites for hydroxylation is 1. The van der Waals surface area contributed by atoms with Crippen LogP contribution in [0, 0.1) is 0 Å². The zero-order valence-electron chi connectivity index (χ0n) is 11.6. The molecule has 0 atom stereocenters. The Morgan fingerprint density at radius 1 is 1.22 bits per heavy atom. The van der Waals surface area contributed by atoms with Gasteiger partial charge in [-0.05, 0) is 71.5 Å². The molecule has 0 unspecified atom stereocenters. The van der Waals surface area contributed by atoms with Gasteiger partial charge in [-0.3, -0.25) is 0 Å². The fraction of sp³-hybridized carbons (Fsp3) is 0.692. The molecule has 1 rings (SSSR count). The van der Waals surface area contributed by atoms with Gasteiger partial charge in [0.15, 0.2) is 8.32 Å². The minimum Gasteiger partial charge on any atom is -0.456 e. The van der Waals surface area contributed by atoms with Crippen LogP contribution in [0.2, 0.25) is 25.7 Å². The van der Waals surface area contributed by atoms with Crippen molar-refractivity contribution in [2.24, 2.45) is 0 Å². The van der Waals surface area contributed by atoms with E-state index >= 15 is 0 Å². The molecule has 1 aromatic heterocycles. The molecule has 102 valence electrons. The van der Waals surface area contributed by atoms with Crippen LogP contribution in [0.25, 0.3) is 0 Å². The second-order valence-electron chi connectivity index (χ2n) is 5.49. The molecule has 0 aromatic carbocycles. The summed E-state index contributed by atoms with van der Waals surface area (Å²) in [7, 11) is -0.540. The van der Waals surface area contributed by atoms with Gasteiger partial charge in [0.2, 0.25) is 9.76 Å². The van der Waals surface area contributed by atoms with Crippen LogP contribution in [0.1, 0.15) is 31.2 Å². The van der Waals surface area contributed by atoms with Crippen LogP contribution in [0.4, 0.5) is 0 Å². The molecule has 1 nitrogen and oxygen atoms in total. The van der Waals surface area contributed by atoms with E-state index < -0.39 is 8.32 Å². The van der Waals surface area contributed by atoms with Crippen molar-refractivity contribution in [1.82, 2.24) is 0 Å². The molecule has 2 radical (unpaired) electrons. The Morgan fingerprint density at radius 3 is 2.56 bits per heavy atom. The third-order valence-corrected chi connectivity index (χ3v) is 7.94. The fourth-order valence-electron chi connectivity index (χ4n) is 1.63. The van der Waals surface area contributed by atoms with Crippen molar-refractivity contribution in [3.05, 3.63) is 20.8 Å². The zero-order chi connectivity index (χ0) is 13.4. The smallest absolute Gasteiger partial charge is 0.215 e. The molecule has 18 heavy (non-hydrogen) atoms. The molecule has 0 saturated carbocycles. The van der Waals surface area contributed by atoms with Gasteiger partial charge < -0.3 is 4.12 Å². The number of thiophene rings is 1. The first-order chi connectivity index (χ1) is 8.49. The molecule has 5 heteroatoms. The van der Waals surface area contributed by atoms with Crippen molar-refractivity contribution < 1.29 is 4.12 Å². The first-order valence-electron chi connectivity index (χ1n) is 6.62. The molecule has 0 bridgehead atoms. The summed E-state index contributed by atoms with van der Waals surface area (Å²) in [5.74, 6) is 0. The average Bonchev–Trinajstić information content (AvgIpc) is 2.67. The predicted octanol–water partition coefficient (Wildman–Crippen LogP) is 5.50. The summed E-state index contributed by atoms with van der Waals surface area (Å²) in [4.78, 5) is 0. The molecular formula is C13H23BrOSSi2. The molecular weight excluding hydrogens is 340 g/mol. The Morgan fingerprint density at radius 2 is 1.94 bits per heavy atom. The molecule has 0 N–H and O–H groups in total. The van der Waals surface area contributed by atoms with Crippen molar-refractivity contribution in [1.29, 1.82) is 0 Å². The Labute approximate surface area is 128 Å². The quantitative estimate of drug-likeness (QED) is 0.416. The summed E-state index contributed by atoms with van der Waals surface area (Å²) in [6, 6.07) is 3.49. The normalized spacial score (nSPS) is 12.0. The van der Waals surface area contributed by atoms with E-state index in [9.17, 15) is 0 Å². The van der Waals surface area contributed by atoms with Crippen LogP contribution in [0.5, 0.6) is 0 Å². The Kier molecular flexibility index (Phi) is 8.02. The highest BCUT2D eigenvalue weighted by Crippen LogP contribution is 2.25. The Balaban J connectivity index is 1.92. The maximum Gasteiger partial charge on any atom is 0.215 e. The molecule has 0 saturated heterocycles. The van der Waals surface area contributed by atoms with Gasteiger partial charge in [0.1, 0.15) is 0 Å². The summed E-state index contributed by atoms with van der Waals surface area (Å²) < 4.78 is 7.18. The van der Waals surface area contributed by atoms with Crippen molar-refractivity contribution in [3.8, 4) is 0 Å². The van der Waals surface area contributed by atoms with E-state index in [0.717, 1.165) is 9.76 Å². The van der Waals surface area contributed by atoms with E-state index in [0.29, 0.717) is 0 Å². The summed E-state index contributed by atoms with van der Waals surface area (Å²) in [6.07, 6.45) is 6.56. The lowest BCUT2D eigenvalue weighted by Crippen LogP contribution is -2.27. The SMILES string of the molecule is C[Si](C)(C)O[Si]CCCCCCc1ccsc1Br. The summed E-state index contributed by atoms with van der Waals surface area (Å²) >= 11 is 5.38. The molecule has 1 heterocycles. The number of hydrogen-bond donors (Lipinski definition) is 0. The van der Waals surface area contributed by atoms with Gasteiger partial charge in [0, 0.05) is 0 Å². The topological polar surface area (TPSA) is 9.23 Å². The highest BCUT2D eigenvalue weighted by Gasteiger charge is 2.13. The van der Waals surface area contributed by atoms with Gasteiger partial charge in [0.25, 0.3) is 0 Å². The summed E-state index contributed by atoms with van der Waals surface area (Å²) in [6.45, 7) is 6.79. The third-order valence-electron chi connectivity index (χ3n) is 2.55. The Bertz CT molecular complexity index is 336. The largest absolute Gasteiger partial charge is 0.456 e. The molecule has 0 aliphatic rings. The third kappa shape index (κ3) is 7.89. The summed E-state index contributed by atoms with van der Waals surface area (Å²) in [5, 5.41) is 2.16. The maximum absolute atomic E-state index is 5.87. The maximum atomic E-state index is 5.87. The molecule has 0 aliphatic carbocycles. The summed E-state index contributed by atoms with van der Waals surface area (Å²) in [5.41, 5.74) is 1.48. The lowest BCUT2D eigenvalue weighted by atomic mass is 10.1. The average molecular weight is 363 g/mol. The van der Waals surface area contributed by atoms with E-state index in [2.05, 4.69) is 47.0 Å². The Hall–Kier alpha value is 0.574. The molecule has 0 amide bonds. The van der Waals surface area contributed by atoms with Crippen molar-refractivity contribution in [3.63, 3.8) is 0 Å². The van der Waals surface area contributed by atoms with Gasteiger partial charge in [-0.25, -0.2) is 0 Å². The molecule has 1 aromatic rings. The minimum absolute atomic E-state index is 0.727. The van der Waals surface area contributed by atoms with Crippen LogP contribution < -0.4 is 0 Å². The van der Waals surface area contributed by atoms with Gasteiger partial charge in [-0.1, -0.05) is 19.3 Å². The van der Waals surface area contributed by atoms with Crippen molar-refractivity contribution in [2.45, 2.75) is 57.8 Å². The van der Waals surface area contributed by atoms with E-state index in [1.54, 1.807) is 11.3 Å². The van der Waals surface area contributed by atoms with Crippen molar-refractivity contribution >= 4 is 45.3 Å². The predicted molar refractivity (Wildman–Crippen MR) is 89.2 cm³/mol. The van der Waals surface area contributed by atoms with Crippen LogP contribution in [0.15, 0.2) is 15.2 Å². The fourth-order valence-corrected chi connectivity index (χ4v) is 5.49. The monoisotopic (exact) mass is 362 g/mol. The van der Waals surface area contributed by atoms with E-state index in [-0.39, 0.29) is 0 Å². The number of hydrogen-bond acceptors (Lipinski definition) is 2. The van der Waals surface area contributed by atoms with Crippen LogP contribution >= 0.6 is 27.3 Å². The lowest BCUT2D eigenvalue weighted by Gasteiger charge is -2.16. The van der Waals surface area contributed by atoms with Crippen LogP contribution in [-0.4, -0.2) is 18.1 Å². The van der Waals surface area contributed by atoms with Crippen LogP contribution in [0.3, 0.4) is 0 Å². The van der Waals surface area contributed by atoms with Crippen LogP contribution in [-0.2, 0) is 10.5 Å². The molecule has 0 aliphatic heterocycles. The van der Waals surface area contributed by atoms with Gasteiger partial charge in [0.05, 0.1) is 3.79 Å². The first kappa shape index (κ1) is 16.6. The van der Waals surface area contributed by atoms with Gasteiger partial charge in [-0.15, -0.1) is 11.3 Å². The number of unbranched alkanes of at least 4 members (excludes halogenated alkanes) is 3. The van der Waals surface area contributed by atoms with E-state index in [1.165, 1.54) is 47.5 Å². The van der Waals surface area contributed by atoms with E-state index in [4.69, 9.17) is 4.12 Å². The second-order valence-corrected chi connectivity index (χ2v) is 13.6. The van der Waals surface area contributed by atoms with E-state index in [1.807, 2.05) is 0 Å². The molecule has 0 fully saturated rings. The highest BCUT2D eigenvalue weighted by atomic mass is 79.9. The second kappa shape index (κ2) is 8.69. The standard InChI is InChI=1S/C13H23BrOSSi2/c1-18(2,3)15-17-11-7-5-4-6-8-12-9-10-16-13(12)14/h9-10H,4-8,11H2,1-3H3. The zero-order valence-corrected chi connectivity index (χ0v) is 16.0. The molecule has 0 spiro atoms. The highest BCUT2D eigenvalue weighted by molar-refractivity contribution is 9.11. The number of halogens is 1. The first-order valence-corrected chi connectivity index (χ1v) is 12.8. The number of rotatable bonds is 9. The van der Waals surface area contributed by atoms with Gasteiger partial charge in [-0.2, -0.15) is 0 Å². The lowest BCUT2D eigenvalue weighted by molar-refractivity contribution is 0.583. The minimum atomic E-state index is -1.27.